The van der Waals surface area contributed by atoms with Crippen LogP contribution in [0.4, 0.5) is 0 Å². The third-order valence-corrected chi connectivity index (χ3v) is 2.24. The number of hydrogen-bond donors (Lipinski definition) is 1. The summed E-state index contributed by atoms with van der Waals surface area (Å²) in [4.78, 5) is 0. The van der Waals surface area contributed by atoms with E-state index in [4.69, 9.17) is 4.52 Å². The Morgan fingerprint density at radius 1 is 1.50 bits per heavy atom. The molecule has 2 aromatic heterocycles. The quantitative estimate of drug-likeness (QED) is 0.819. The summed E-state index contributed by atoms with van der Waals surface area (Å²) in [5.74, 6) is 0.839. The fraction of sp³-hybridized carbons (Fsp3) is 0.375. The van der Waals surface area contributed by atoms with Crippen molar-refractivity contribution in [2.24, 2.45) is 0 Å². The zero-order valence-electron chi connectivity index (χ0n) is 7.73. The first-order valence-corrected chi connectivity index (χ1v) is 5.07. The highest BCUT2D eigenvalue weighted by molar-refractivity contribution is 7.03. The molecule has 0 radical (unpaired) electrons. The van der Waals surface area contributed by atoms with Crippen molar-refractivity contribution < 1.29 is 4.52 Å². The highest BCUT2D eigenvalue weighted by Gasteiger charge is 2.00. The van der Waals surface area contributed by atoms with Crippen molar-refractivity contribution in [1.29, 1.82) is 0 Å². The molecule has 0 fully saturated rings. The first kappa shape index (κ1) is 9.29. The summed E-state index contributed by atoms with van der Waals surface area (Å²) in [7, 11) is 0. The standard InChI is InChI=1S/C8H10N4OS/c1-6-2-8(13-11-6)4-9-3-7-5-14-12-10-7/h2,5,9H,3-4H2,1H3. The molecule has 2 aromatic rings. The van der Waals surface area contributed by atoms with E-state index in [1.165, 1.54) is 11.5 Å². The van der Waals surface area contributed by atoms with Gasteiger partial charge in [0, 0.05) is 18.0 Å². The SMILES string of the molecule is Cc1cc(CNCc2csnn2)on1. The summed E-state index contributed by atoms with van der Waals surface area (Å²) in [5.41, 5.74) is 1.85. The maximum absolute atomic E-state index is 5.04. The van der Waals surface area contributed by atoms with E-state index in [0.717, 1.165) is 17.1 Å². The van der Waals surface area contributed by atoms with Gasteiger partial charge in [-0.15, -0.1) is 5.10 Å². The van der Waals surface area contributed by atoms with Crippen LogP contribution in [0.5, 0.6) is 0 Å². The Balaban J connectivity index is 1.78. The predicted molar refractivity (Wildman–Crippen MR) is 51.7 cm³/mol. The highest BCUT2D eigenvalue weighted by Crippen LogP contribution is 2.02. The van der Waals surface area contributed by atoms with Crippen molar-refractivity contribution in [2.75, 3.05) is 0 Å². The predicted octanol–water partition coefficient (Wildman–Crippen LogP) is 1.12. The van der Waals surface area contributed by atoms with Gasteiger partial charge >= 0.3 is 0 Å². The summed E-state index contributed by atoms with van der Waals surface area (Å²) in [5, 5.41) is 12.8. The van der Waals surface area contributed by atoms with Gasteiger partial charge in [-0.25, -0.2) is 0 Å². The van der Waals surface area contributed by atoms with Gasteiger partial charge in [-0.3, -0.25) is 0 Å². The molecule has 14 heavy (non-hydrogen) atoms. The second kappa shape index (κ2) is 4.30. The van der Waals surface area contributed by atoms with Gasteiger partial charge < -0.3 is 9.84 Å². The van der Waals surface area contributed by atoms with Crippen molar-refractivity contribution in [1.82, 2.24) is 20.1 Å². The zero-order chi connectivity index (χ0) is 9.80. The molecule has 1 N–H and O–H groups in total. The van der Waals surface area contributed by atoms with Crippen LogP contribution in [0.15, 0.2) is 16.0 Å². The van der Waals surface area contributed by atoms with E-state index in [1.54, 1.807) is 0 Å². The van der Waals surface area contributed by atoms with E-state index in [2.05, 4.69) is 20.1 Å². The normalized spacial score (nSPS) is 10.6. The first-order valence-electron chi connectivity index (χ1n) is 4.23. The third-order valence-electron chi connectivity index (χ3n) is 1.69. The molecule has 6 heteroatoms. The van der Waals surface area contributed by atoms with Crippen molar-refractivity contribution in [3.63, 3.8) is 0 Å². The van der Waals surface area contributed by atoms with Crippen LogP contribution < -0.4 is 5.32 Å². The van der Waals surface area contributed by atoms with Crippen molar-refractivity contribution >= 4 is 11.5 Å². The van der Waals surface area contributed by atoms with Crippen molar-refractivity contribution in [3.8, 4) is 0 Å². The number of aromatic nitrogens is 3. The average molecular weight is 210 g/mol. The lowest BCUT2D eigenvalue weighted by Crippen LogP contribution is -2.12. The topological polar surface area (TPSA) is 63.8 Å². The van der Waals surface area contributed by atoms with Gasteiger partial charge in [-0.2, -0.15) is 0 Å². The minimum absolute atomic E-state index is 0.665. The Morgan fingerprint density at radius 2 is 2.43 bits per heavy atom. The first-order chi connectivity index (χ1) is 6.84. The van der Waals surface area contributed by atoms with Gasteiger partial charge in [0.2, 0.25) is 0 Å². The van der Waals surface area contributed by atoms with Gasteiger partial charge in [0.15, 0.2) is 5.76 Å². The summed E-state index contributed by atoms with van der Waals surface area (Å²) in [6.45, 7) is 3.27. The van der Waals surface area contributed by atoms with E-state index >= 15 is 0 Å². The summed E-state index contributed by atoms with van der Waals surface area (Å²) in [6.07, 6.45) is 0. The molecule has 0 atom stereocenters. The molecule has 0 aliphatic heterocycles. The molecule has 74 valence electrons. The van der Waals surface area contributed by atoms with Gasteiger partial charge in [0.1, 0.15) is 0 Å². The number of hydrogen-bond acceptors (Lipinski definition) is 6. The molecule has 0 unspecified atom stereocenters. The monoisotopic (exact) mass is 210 g/mol. The molecule has 5 nitrogen and oxygen atoms in total. The summed E-state index contributed by atoms with van der Waals surface area (Å²) >= 11 is 1.35. The van der Waals surface area contributed by atoms with Crippen molar-refractivity contribution in [3.05, 3.63) is 28.6 Å². The molecular weight excluding hydrogens is 200 g/mol. The van der Waals surface area contributed by atoms with Crippen LogP contribution in [0.25, 0.3) is 0 Å². The maximum Gasteiger partial charge on any atom is 0.150 e. The van der Waals surface area contributed by atoms with Gasteiger partial charge in [0.05, 0.1) is 17.9 Å². The molecule has 0 saturated heterocycles. The fourth-order valence-electron chi connectivity index (χ4n) is 1.07. The summed E-state index contributed by atoms with van der Waals surface area (Å²) < 4.78 is 8.81. The van der Waals surface area contributed by atoms with E-state index in [0.29, 0.717) is 13.1 Å². The lowest BCUT2D eigenvalue weighted by atomic mass is 10.4. The smallest absolute Gasteiger partial charge is 0.150 e. The highest BCUT2D eigenvalue weighted by atomic mass is 32.1. The van der Waals surface area contributed by atoms with E-state index in [1.807, 2.05) is 18.4 Å². The van der Waals surface area contributed by atoms with Crippen LogP contribution in [-0.4, -0.2) is 14.7 Å². The average Bonchev–Trinajstić information content (AvgIpc) is 2.77. The summed E-state index contributed by atoms with van der Waals surface area (Å²) in [6, 6.07) is 1.91. The Kier molecular flexibility index (Phi) is 2.85. The fourth-order valence-corrected chi connectivity index (χ4v) is 1.53. The van der Waals surface area contributed by atoms with Crippen LogP contribution in [0.1, 0.15) is 17.1 Å². The Morgan fingerprint density at radius 3 is 3.07 bits per heavy atom. The van der Waals surface area contributed by atoms with Gasteiger partial charge in [-0.05, 0) is 18.5 Å². The molecular formula is C8H10N4OS. The molecule has 0 saturated carbocycles. The Hall–Kier alpha value is -1.27. The van der Waals surface area contributed by atoms with Crippen LogP contribution >= 0.6 is 11.5 Å². The second-order valence-corrected chi connectivity index (χ2v) is 3.54. The van der Waals surface area contributed by atoms with E-state index < -0.39 is 0 Å². The maximum atomic E-state index is 5.04. The molecule has 0 spiro atoms. The third kappa shape index (κ3) is 2.36. The molecule has 0 bridgehead atoms. The minimum atomic E-state index is 0.665. The largest absolute Gasteiger partial charge is 0.360 e. The minimum Gasteiger partial charge on any atom is -0.360 e. The van der Waals surface area contributed by atoms with Crippen LogP contribution in [0.3, 0.4) is 0 Å². The molecule has 2 rings (SSSR count). The van der Waals surface area contributed by atoms with Crippen LogP contribution in [-0.2, 0) is 13.1 Å². The molecule has 0 aliphatic carbocycles. The van der Waals surface area contributed by atoms with Crippen molar-refractivity contribution in [2.45, 2.75) is 20.0 Å². The second-order valence-electron chi connectivity index (χ2n) is 2.93. The Bertz CT molecular complexity index is 384. The Labute approximate surface area is 85.3 Å². The molecule has 0 aliphatic rings. The van der Waals surface area contributed by atoms with Gasteiger partial charge in [0.25, 0.3) is 0 Å². The molecule has 0 amide bonds. The molecule has 2 heterocycles. The van der Waals surface area contributed by atoms with Crippen LogP contribution in [0.2, 0.25) is 0 Å². The number of rotatable bonds is 4. The van der Waals surface area contributed by atoms with E-state index in [9.17, 15) is 0 Å². The number of nitrogens with zero attached hydrogens (tertiary/aromatic N) is 3. The zero-order valence-corrected chi connectivity index (χ0v) is 8.54. The molecule has 0 aromatic carbocycles. The number of aryl methyl sites for hydroxylation is 1. The van der Waals surface area contributed by atoms with E-state index in [-0.39, 0.29) is 0 Å². The lowest BCUT2D eigenvalue weighted by Gasteiger charge is -1.96. The van der Waals surface area contributed by atoms with Gasteiger partial charge in [-0.1, -0.05) is 9.64 Å². The number of nitrogens with one attached hydrogen (secondary N) is 1. The van der Waals surface area contributed by atoms with Crippen LogP contribution in [0, 0.1) is 6.92 Å². The lowest BCUT2D eigenvalue weighted by molar-refractivity contribution is 0.369.